The van der Waals surface area contributed by atoms with E-state index in [0.717, 1.165) is 0 Å². The van der Waals surface area contributed by atoms with Crippen LogP contribution in [0.1, 0.15) is 28.2 Å². The standard InChI is InChI=1S/C16H22N4O3S2/c1-12-15(13(2)18(3)17-12)25(22,23)20-7-4-6-19(8-9-20)16(21)14-5-10-24-11-14/h5,10-11H,4,6-9H2,1-3H3. The van der Waals surface area contributed by atoms with Gasteiger partial charge in [-0.3, -0.25) is 9.48 Å². The van der Waals surface area contributed by atoms with E-state index in [0.29, 0.717) is 49.6 Å². The van der Waals surface area contributed by atoms with Crippen molar-refractivity contribution in [3.63, 3.8) is 0 Å². The molecule has 0 aliphatic carbocycles. The van der Waals surface area contributed by atoms with E-state index in [1.165, 1.54) is 15.6 Å². The lowest BCUT2D eigenvalue weighted by Crippen LogP contribution is -2.37. The minimum atomic E-state index is -3.61. The van der Waals surface area contributed by atoms with Crippen molar-refractivity contribution in [2.45, 2.75) is 25.2 Å². The molecule has 0 N–H and O–H groups in total. The predicted octanol–water partition coefficient (Wildman–Crippen LogP) is 1.64. The van der Waals surface area contributed by atoms with Crippen LogP contribution >= 0.6 is 11.3 Å². The monoisotopic (exact) mass is 382 g/mol. The molecular formula is C16H22N4O3S2. The van der Waals surface area contributed by atoms with Crippen LogP contribution in [0.25, 0.3) is 0 Å². The van der Waals surface area contributed by atoms with E-state index in [2.05, 4.69) is 5.10 Å². The highest BCUT2D eigenvalue weighted by Crippen LogP contribution is 2.24. The molecule has 9 heteroatoms. The van der Waals surface area contributed by atoms with Gasteiger partial charge in [-0.15, -0.1) is 0 Å². The van der Waals surface area contributed by atoms with Gasteiger partial charge in [0.05, 0.1) is 17.0 Å². The van der Waals surface area contributed by atoms with Crippen LogP contribution in [0.3, 0.4) is 0 Å². The molecule has 0 aromatic carbocycles. The van der Waals surface area contributed by atoms with Gasteiger partial charge in [-0.2, -0.15) is 20.7 Å². The summed E-state index contributed by atoms with van der Waals surface area (Å²) in [7, 11) is -1.87. The molecule has 0 atom stereocenters. The number of thiophene rings is 1. The molecule has 0 radical (unpaired) electrons. The zero-order valence-corrected chi connectivity index (χ0v) is 16.2. The van der Waals surface area contributed by atoms with E-state index >= 15 is 0 Å². The van der Waals surface area contributed by atoms with Crippen LogP contribution in [0.2, 0.25) is 0 Å². The van der Waals surface area contributed by atoms with Crippen molar-refractivity contribution in [3.8, 4) is 0 Å². The minimum absolute atomic E-state index is 0.0331. The third-order valence-corrected chi connectivity index (χ3v) is 7.39. The van der Waals surface area contributed by atoms with Crippen molar-refractivity contribution in [2.75, 3.05) is 26.2 Å². The second-order valence-electron chi connectivity index (χ2n) is 6.19. The summed E-state index contributed by atoms with van der Waals surface area (Å²) in [6.07, 6.45) is 0.619. The molecule has 136 valence electrons. The van der Waals surface area contributed by atoms with Crippen LogP contribution in [0.4, 0.5) is 0 Å². The summed E-state index contributed by atoms with van der Waals surface area (Å²) < 4.78 is 29.2. The molecule has 2 aromatic rings. The second kappa shape index (κ2) is 6.89. The fourth-order valence-corrected chi connectivity index (χ4v) is 5.66. The number of aryl methyl sites for hydroxylation is 2. The first-order valence-corrected chi connectivity index (χ1v) is 10.5. The van der Waals surface area contributed by atoms with Crippen LogP contribution < -0.4 is 0 Å². The molecule has 0 spiro atoms. The summed E-state index contributed by atoms with van der Waals surface area (Å²) in [6, 6.07) is 1.80. The number of carbonyl (C=O) groups excluding carboxylic acids is 1. The van der Waals surface area contributed by atoms with E-state index < -0.39 is 10.0 Å². The Balaban J connectivity index is 1.80. The lowest BCUT2D eigenvalue weighted by atomic mass is 10.3. The Labute approximate surface area is 151 Å². The number of carbonyl (C=O) groups is 1. The molecule has 0 saturated carbocycles. The first kappa shape index (κ1) is 18.1. The number of aromatic nitrogens is 2. The molecule has 1 saturated heterocycles. The Morgan fingerprint density at radius 1 is 1.20 bits per heavy atom. The second-order valence-corrected chi connectivity index (χ2v) is 8.84. The van der Waals surface area contributed by atoms with E-state index in [9.17, 15) is 13.2 Å². The summed E-state index contributed by atoms with van der Waals surface area (Å²) in [5.74, 6) is -0.0331. The van der Waals surface area contributed by atoms with Gasteiger partial charge in [0, 0.05) is 38.6 Å². The molecule has 2 aromatic heterocycles. The normalized spacial score (nSPS) is 16.8. The SMILES string of the molecule is Cc1nn(C)c(C)c1S(=O)(=O)N1CCCN(C(=O)c2ccsc2)CC1. The quantitative estimate of drug-likeness (QED) is 0.809. The fraction of sp³-hybridized carbons (Fsp3) is 0.500. The number of amides is 1. The van der Waals surface area contributed by atoms with Crippen molar-refractivity contribution in [2.24, 2.45) is 7.05 Å². The maximum atomic E-state index is 13.1. The van der Waals surface area contributed by atoms with Gasteiger partial charge in [-0.05, 0) is 31.7 Å². The molecule has 0 bridgehead atoms. The molecule has 1 aliphatic heterocycles. The van der Waals surface area contributed by atoms with Crippen LogP contribution in [0.15, 0.2) is 21.7 Å². The van der Waals surface area contributed by atoms with Gasteiger partial charge in [0.25, 0.3) is 5.91 Å². The minimum Gasteiger partial charge on any atom is -0.337 e. The van der Waals surface area contributed by atoms with Gasteiger partial charge in [0.1, 0.15) is 4.90 Å². The Bertz CT molecular complexity index is 872. The first-order valence-electron chi connectivity index (χ1n) is 8.14. The number of hydrogen-bond donors (Lipinski definition) is 0. The van der Waals surface area contributed by atoms with Gasteiger partial charge in [-0.25, -0.2) is 8.42 Å². The number of hydrogen-bond acceptors (Lipinski definition) is 5. The number of rotatable bonds is 3. The molecule has 3 heterocycles. The Hall–Kier alpha value is -1.71. The molecule has 25 heavy (non-hydrogen) atoms. The lowest BCUT2D eigenvalue weighted by Gasteiger charge is -2.22. The molecule has 1 amide bonds. The van der Waals surface area contributed by atoms with Gasteiger partial charge < -0.3 is 4.90 Å². The third-order valence-electron chi connectivity index (χ3n) is 4.55. The maximum absolute atomic E-state index is 13.1. The molecule has 7 nitrogen and oxygen atoms in total. The number of nitrogens with zero attached hydrogens (tertiary/aromatic N) is 4. The highest BCUT2D eigenvalue weighted by atomic mass is 32.2. The summed E-state index contributed by atoms with van der Waals surface area (Å²) in [5, 5.41) is 7.91. The highest BCUT2D eigenvalue weighted by molar-refractivity contribution is 7.89. The molecule has 1 fully saturated rings. The van der Waals surface area contributed by atoms with Crippen molar-refractivity contribution in [3.05, 3.63) is 33.8 Å². The molecule has 3 rings (SSSR count). The van der Waals surface area contributed by atoms with Crippen LogP contribution in [-0.4, -0.2) is 59.5 Å². The lowest BCUT2D eigenvalue weighted by molar-refractivity contribution is 0.0765. The third kappa shape index (κ3) is 3.36. The van der Waals surface area contributed by atoms with Gasteiger partial charge in [0.2, 0.25) is 10.0 Å². The largest absolute Gasteiger partial charge is 0.337 e. The Morgan fingerprint density at radius 2 is 1.96 bits per heavy atom. The highest BCUT2D eigenvalue weighted by Gasteiger charge is 2.32. The predicted molar refractivity (Wildman–Crippen MR) is 96.3 cm³/mol. The molecular weight excluding hydrogens is 360 g/mol. The maximum Gasteiger partial charge on any atom is 0.254 e. The van der Waals surface area contributed by atoms with Crippen LogP contribution in [0, 0.1) is 13.8 Å². The van der Waals surface area contributed by atoms with Crippen molar-refractivity contribution in [1.29, 1.82) is 0 Å². The first-order chi connectivity index (χ1) is 11.8. The van der Waals surface area contributed by atoms with E-state index in [1.807, 2.05) is 10.8 Å². The van der Waals surface area contributed by atoms with Crippen LogP contribution in [-0.2, 0) is 17.1 Å². The van der Waals surface area contributed by atoms with E-state index in [4.69, 9.17) is 0 Å². The summed E-state index contributed by atoms with van der Waals surface area (Å²) in [6.45, 7) is 5.13. The zero-order chi connectivity index (χ0) is 18.2. The summed E-state index contributed by atoms with van der Waals surface area (Å²) in [4.78, 5) is 14.5. The van der Waals surface area contributed by atoms with Crippen molar-refractivity contribution < 1.29 is 13.2 Å². The van der Waals surface area contributed by atoms with Gasteiger partial charge in [0.15, 0.2) is 0 Å². The van der Waals surface area contributed by atoms with E-state index in [1.54, 1.807) is 36.5 Å². The fourth-order valence-electron chi connectivity index (χ4n) is 3.16. The topological polar surface area (TPSA) is 75.5 Å². The Morgan fingerprint density at radius 3 is 2.56 bits per heavy atom. The number of sulfonamides is 1. The Kier molecular flexibility index (Phi) is 4.99. The van der Waals surface area contributed by atoms with Gasteiger partial charge >= 0.3 is 0 Å². The molecule has 0 unspecified atom stereocenters. The van der Waals surface area contributed by atoms with E-state index in [-0.39, 0.29) is 10.8 Å². The van der Waals surface area contributed by atoms with Crippen molar-refractivity contribution in [1.82, 2.24) is 19.0 Å². The van der Waals surface area contributed by atoms with Gasteiger partial charge in [-0.1, -0.05) is 0 Å². The zero-order valence-electron chi connectivity index (χ0n) is 14.6. The summed E-state index contributed by atoms with van der Waals surface area (Å²) in [5.41, 5.74) is 1.81. The van der Waals surface area contributed by atoms with Crippen molar-refractivity contribution >= 4 is 27.3 Å². The van der Waals surface area contributed by atoms with Crippen LogP contribution in [0.5, 0.6) is 0 Å². The average Bonchev–Trinajstić information content (AvgIpc) is 3.08. The smallest absolute Gasteiger partial charge is 0.254 e. The average molecular weight is 383 g/mol. The molecule has 1 aliphatic rings. The summed E-state index contributed by atoms with van der Waals surface area (Å²) >= 11 is 1.48.